The van der Waals surface area contributed by atoms with Crippen molar-refractivity contribution in [3.8, 4) is 11.4 Å². The third-order valence-corrected chi connectivity index (χ3v) is 4.35. The molecule has 0 fully saturated rings. The van der Waals surface area contributed by atoms with Gasteiger partial charge in [-0.05, 0) is 44.4 Å². The Labute approximate surface area is 179 Å². The molecule has 0 saturated heterocycles. The summed E-state index contributed by atoms with van der Waals surface area (Å²) in [5.74, 6) is 0.577. The summed E-state index contributed by atoms with van der Waals surface area (Å²) in [5, 5.41) is 1.07. The maximum atomic E-state index is 13.8. The monoisotopic (exact) mass is 599 g/mol. The molecular formula is C20H19Cl2FN4Pt. The van der Waals surface area contributed by atoms with Crippen molar-refractivity contribution in [3.05, 3.63) is 60.5 Å². The predicted molar refractivity (Wildman–Crippen MR) is 111 cm³/mol. The van der Waals surface area contributed by atoms with Crippen molar-refractivity contribution in [3.63, 3.8) is 0 Å². The van der Waals surface area contributed by atoms with Crippen molar-refractivity contribution in [1.82, 2.24) is 19.4 Å². The van der Waals surface area contributed by atoms with Crippen LogP contribution in [0.1, 0.15) is 0 Å². The number of benzene rings is 2. The van der Waals surface area contributed by atoms with Crippen LogP contribution >= 0.6 is 18.8 Å². The van der Waals surface area contributed by atoms with Crippen LogP contribution in [0.5, 0.6) is 0 Å². The van der Waals surface area contributed by atoms with Gasteiger partial charge in [0.25, 0.3) is 0 Å². The topological polar surface area (TPSA) is 34.0 Å². The SMILES string of the molecule is CN(C)CCn1c(-c2cccc3cccnc23)nc2ccc(F)cc21.[Cl][Pt][Cl]. The van der Waals surface area contributed by atoms with Crippen LogP contribution in [0.25, 0.3) is 33.3 Å². The molecule has 0 amide bonds. The Kier molecular flexibility index (Phi) is 7.41. The molecule has 8 heteroatoms. The fraction of sp³-hybridized carbons (Fsp3) is 0.200. The van der Waals surface area contributed by atoms with Crippen LogP contribution in [0.4, 0.5) is 4.39 Å². The average Bonchev–Trinajstić information content (AvgIpc) is 3.04. The first-order valence-corrected chi connectivity index (χ1v) is 14.1. The molecule has 28 heavy (non-hydrogen) atoms. The van der Waals surface area contributed by atoms with E-state index >= 15 is 0 Å². The van der Waals surface area contributed by atoms with Crippen molar-refractivity contribution in [1.29, 1.82) is 0 Å². The molecule has 0 aliphatic heterocycles. The molecular weight excluding hydrogens is 581 g/mol. The summed E-state index contributed by atoms with van der Waals surface area (Å²) in [4.78, 5) is 11.4. The van der Waals surface area contributed by atoms with Crippen LogP contribution in [0.2, 0.25) is 0 Å². The molecule has 0 unspecified atom stereocenters. The molecule has 0 aliphatic rings. The van der Waals surface area contributed by atoms with E-state index in [0.29, 0.717) is 0 Å². The molecule has 0 aliphatic carbocycles. The third kappa shape index (κ3) is 4.72. The van der Waals surface area contributed by atoms with E-state index in [9.17, 15) is 4.39 Å². The number of imidazole rings is 1. The van der Waals surface area contributed by atoms with E-state index in [1.807, 2.05) is 44.4 Å². The second kappa shape index (κ2) is 9.80. The molecule has 150 valence electrons. The van der Waals surface area contributed by atoms with Gasteiger partial charge in [-0.2, -0.15) is 0 Å². The number of nitrogens with zero attached hydrogens (tertiary/aromatic N) is 4. The first-order chi connectivity index (χ1) is 13.5. The first-order valence-electron chi connectivity index (χ1n) is 8.52. The zero-order valence-electron chi connectivity index (χ0n) is 15.3. The van der Waals surface area contributed by atoms with E-state index in [1.165, 1.54) is 6.07 Å². The molecule has 4 nitrogen and oxygen atoms in total. The molecule has 0 spiro atoms. The van der Waals surface area contributed by atoms with Crippen LogP contribution in [0.3, 0.4) is 0 Å². The fourth-order valence-electron chi connectivity index (χ4n) is 3.11. The minimum atomic E-state index is -0.472. The standard InChI is InChI=1S/C20H19FN4.2ClH.Pt/c1-24(2)11-12-25-18-13-15(21)8-9-17(18)23-20(25)16-7-3-5-14-6-4-10-22-19(14)16;;;/h3-10,13H,11-12H2,1-2H3;2*1H;/q;;;+2/p-2. The molecule has 0 saturated carbocycles. The Morgan fingerprint density at radius 2 is 1.86 bits per heavy atom. The fourth-order valence-corrected chi connectivity index (χ4v) is 3.11. The Bertz CT molecular complexity index is 1080. The van der Waals surface area contributed by atoms with Gasteiger partial charge >= 0.3 is 35.3 Å². The summed E-state index contributed by atoms with van der Waals surface area (Å²) in [6, 6.07) is 14.8. The molecule has 2 aromatic heterocycles. The Morgan fingerprint density at radius 1 is 1.11 bits per heavy atom. The van der Waals surface area contributed by atoms with Gasteiger partial charge in [-0.15, -0.1) is 0 Å². The minimum absolute atomic E-state index is 0.249. The van der Waals surface area contributed by atoms with Crippen molar-refractivity contribution in [2.24, 2.45) is 0 Å². The van der Waals surface area contributed by atoms with Crippen molar-refractivity contribution >= 4 is 40.8 Å². The number of halogens is 3. The van der Waals surface area contributed by atoms with E-state index in [2.05, 4.69) is 14.5 Å². The first kappa shape index (κ1) is 21.2. The van der Waals surface area contributed by atoms with Gasteiger partial charge in [-0.3, -0.25) is 4.98 Å². The number of likely N-dealkylation sites (N-methyl/N-ethyl adjacent to an activating group) is 1. The van der Waals surface area contributed by atoms with Gasteiger partial charge in [0.1, 0.15) is 11.6 Å². The second-order valence-corrected chi connectivity index (χ2v) is 9.73. The summed E-state index contributed by atoms with van der Waals surface area (Å²) in [6.45, 7) is 1.57. The molecule has 2 heterocycles. The third-order valence-electron chi connectivity index (χ3n) is 4.35. The van der Waals surface area contributed by atoms with Crippen LogP contribution in [-0.2, 0) is 23.0 Å². The molecule has 0 atom stereocenters. The van der Waals surface area contributed by atoms with Crippen LogP contribution in [0.15, 0.2) is 54.7 Å². The summed E-state index contributed by atoms with van der Waals surface area (Å²) >= 11 is -0.472. The summed E-state index contributed by atoms with van der Waals surface area (Å²) in [6.07, 6.45) is 1.79. The molecule has 4 aromatic rings. The van der Waals surface area contributed by atoms with Gasteiger partial charge < -0.3 is 9.47 Å². The molecule has 4 rings (SSSR count). The normalized spacial score (nSPS) is 11.2. The van der Waals surface area contributed by atoms with E-state index in [0.717, 1.165) is 46.4 Å². The summed E-state index contributed by atoms with van der Waals surface area (Å²) < 4.78 is 15.9. The zero-order chi connectivity index (χ0) is 20.1. The van der Waals surface area contributed by atoms with E-state index in [4.69, 9.17) is 23.8 Å². The molecule has 2 aromatic carbocycles. The van der Waals surface area contributed by atoms with Crippen LogP contribution in [0, 0.1) is 5.82 Å². The second-order valence-electron chi connectivity index (χ2n) is 6.45. The van der Waals surface area contributed by atoms with E-state index in [-0.39, 0.29) is 5.82 Å². The number of pyridine rings is 1. The quantitative estimate of drug-likeness (QED) is 0.318. The van der Waals surface area contributed by atoms with Gasteiger partial charge in [0, 0.05) is 30.2 Å². The Hall–Kier alpha value is -1.52. The predicted octanol–water partition coefficient (Wildman–Crippen LogP) is 5.33. The van der Waals surface area contributed by atoms with E-state index < -0.39 is 16.5 Å². The van der Waals surface area contributed by atoms with Crippen molar-refractivity contribution in [2.45, 2.75) is 6.54 Å². The van der Waals surface area contributed by atoms with Crippen molar-refractivity contribution in [2.75, 3.05) is 20.6 Å². The van der Waals surface area contributed by atoms with Crippen LogP contribution in [-0.4, -0.2) is 40.1 Å². The number of hydrogen-bond acceptors (Lipinski definition) is 3. The Balaban J connectivity index is 0.000000706. The number of para-hydroxylation sites is 1. The summed E-state index contributed by atoms with van der Waals surface area (Å²) in [5.41, 5.74) is 3.48. The Morgan fingerprint density at radius 3 is 2.61 bits per heavy atom. The zero-order valence-corrected chi connectivity index (χ0v) is 19.1. The van der Waals surface area contributed by atoms with Crippen LogP contribution < -0.4 is 0 Å². The van der Waals surface area contributed by atoms with Gasteiger partial charge in [-0.25, -0.2) is 9.37 Å². The molecule has 0 radical (unpaired) electrons. The summed E-state index contributed by atoms with van der Waals surface area (Å²) in [7, 11) is 13.8. The van der Waals surface area contributed by atoms with Gasteiger partial charge in [0.05, 0.1) is 16.6 Å². The number of aromatic nitrogens is 3. The van der Waals surface area contributed by atoms with Gasteiger partial charge in [-0.1, -0.05) is 18.2 Å². The average molecular weight is 600 g/mol. The van der Waals surface area contributed by atoms with Gasteiger partial charge in [0.15, 0.2) is 0 Å². The van der Waals surface area contributed by atoms with Gasteiger partial charge in [0.2, 0.25) is 0 Å². The van der Waals surface area contributed by atoms with E-state index in [1.54, 1.807) is 18.3 Å². The van der Waals surface area contributed by atoms with Crippen molar-refractivity contribution < 1.29 is 20.9 Å². The number of hydrogen-bond donors (Lipinski definition) is 0. The molecule has 0 bridgehead atoms. The molecule has 0 N–H and O–H groups in total. The number of rotatable bonds is 4. The number of fused-ring (bicyclic) bond motifs is 2. The maximum absolute atomic E-state index is 13.8.